The molecule has 6 nitrogen and oxygen atoms in total. The van der Waals surface area contributed by atoms with E-state index in [2.05, 4.69) is 10.5 Å². The summed E-state index contributed by atoms with van der Waals surface area (Å²) in [5.41, 5.74) is 6.43. The van der Waals surface area contributed by atoms with Gasteiger partial charge in [0.15, 0.2) is 0 Å². The molecule has 0 aliphatic heterocycles. The number of rotatable bonds is 6. The summed E-state index contributed by atoms with van der Waals surface area (Å²) in [5.74, 6) is -0.511. The van der Waals surface area contributed by atoms with E-state index in [1.54, 1.807) is 25.1 Å². The number of nitrogens with zero attached hydrogens (tertiary/aromatic N) is 2. The third kappa shape index (κ3) is 5.42. The molecule has 2 rings (SSSR count). The molecule has 1 N–H and O–H groups in total. The molecule has 138 valence electrons. The molecule has 0 bridgehead atoms. The fourth-order valence-corrected chi connectivity index (χ4v) is 3.20. The molecule has 26 heavy (non-hydrogen) atoms. The smallest absolute Gasteiger partial charge is 0.260 e. The van der Waals surface area contributed by atoms with Gasteiger partial charge in [-0.25, -0.2) is 13.8 Å². The fourth-order valence-electron chi connectivity index (χ4n) is 2.35. The molecule has 0 atom stereocenters. The Morgan fingerprint density at radius 1 is 1.08 bits per heavy atom. The zero-order chi connectivity index (χ0) is 19.3. The molecule has 0 aliphatic rings. The van der Waals surface area contributed by atoms with Crippen LogP contribution in [0.15, 0.2) is 53.6 Å². The van der Waals surface area contributed by atoms with E-state index in [1.807, 2.05) is 44.2 Å². The molecule has 2 aromatic rings. The number of aryl methyl sites for hydroxylation is 2. The summed E-state index contributed by atoms with van der Waals surface area (Å²) in [7, 11) is -3.60. The topological polar surface area (TPSA) is 78.8 Å². The van der Waals surface area contributed by atoms with Gasteiger partial charge in [0, 0.05) is 0 Å². The average molecular weight is 373 g/mol. The van der Waals surface area contributed by atoms with Gasteiger partial charge < -0.3 is 0 Å². The van der Waals surface area contributed by atoms with Crippen LogP contribution in [0.1, 0.15) is 23.6 Å². The van der Waals surface area contributed by atoms with E-state index < -0.39 is 15.9 Å². The van der Waals surface area contributed by atoms with Gasteiger partial charge in [0.05, 0.1) is 17.7 Å². The van der Waals surface area contributed by atoms with Crippen molar-refractivity contribution in [2.24, 2.45) is 5.10 Å². The van der Waals surface area contributed by atoms with E-state index in [-0.39, 0.29) is 6.54 Å². The maximum absolute atomic E-state index is 12.2. The Balaban J connectivity index is 2.12. The van der Waals surface area contributed by atoms with Crippen molar-refractivity contribution in [1.82, 2.24) is 5.43 Å². The maximum atomic E-state index is 12.2. The van der Waals surface area contributed by atoms with E-state index in [0.29, 0.717) is 11.4 Å². The molecule has 0 aromatic heterocycles. The van der Waals surface area contributed by atoms with Gasteiger partial charge in [-0.3, -0.25) is 9.10 Å². The standard InChI is InChI=1S/C19H23N3O3S/c1-14-8-10-17(11-9-14)16(3)20-21-19(23)13-22(26(4,24)25)18-7-5-6-15(2)12-18/h5-12H,13H2,1-4H3,(H,21,23)/b20-16-. The van der Waals surface area contributed by atoms with Gasteiger partial charge in [0.25, 0.3) is 5.91 Å². The summed E-state index contributed by atoms with van der Waals surface area (Å²) in [6.45, 7) is 5.29. The summed E-state index contributed by atoms with van der Waals surface area (Å²) in [6, 6.07) is 14.7. The first-order chi connectivity index (χ1) is 12.2. The number of hydrogen-bond acceptors (Lipinski definition) is 4. The van der Waals surface area contributed by atoms with Gasteiger partial charge in [-0.05, 0) is 44.0 Å². The molecular weight excluding hydrogens is 350 g/mol. The van der Waals surface area contributed by atoms with Crippen molar-refractivity contribution in [3.05, 3.63) is 65.2 Å². The van der Waals surface area contributed by atoms with Crippen molar-refractivity contribution >= 4 is 27.3 Å². The quantitative estimate of drug-likeness (QED) is 0.624. The fraction of sp³-hybridized carbons (Fsp3) is 0.263. The first-order valence-corrected chi connectivity index (χ1v) is 9.96. The molecule has 0 spiro atoms. The molecule has 0 unspecified atom stereocenters. The number of benzene rings is 2. The van der Waals surface area contributed by atoms with Crippen LogP contribution in [-0.4, -0.2) is 32.8 Å². The second-order valence-corrected chi connectivity index (χ2v) is 8.11. The lowest BCUT2D eigenvalue weighted by molar-refractivity contribution is -0.119. The number of hydrazone groups is 1. The van der Waals surface area contributed by atoms with Crippen molar-refractivity contribution in [3.63, 3.8) is 0 Å². The highest BCUT2D eigenvalue weighted by Crippen LogP contribution is 2.18. The Bertz CT molecular complexity index is 919. The van der Waals surface area contributed by atoms with Gasteiger partial charge in [-0.15, -0.1) is 0 Å². The lowest BCUT2D eigenvalue weighted by Gasteiger charge is -2.21. The van der Waals surface area contributed by atoms with E-state index in [9.17, 15) is 13.2 Å². The number of nitrogens with one attached hydrogen (secondary N) is 1. The van der Waals surface area contributed by atoms with E-state index in [4.69, 9.17) is 0 Å². The SMILES string of the molecule is C/C(=N/NC(=O)CN(c1cccc(C)c1)S(C)(=O)=O)c1ccc(C)cc1. The van der Waals surface area contributed by atoms with Crippen LogP contribution in [0.2, 0.25) is 0 Å². The van der Waals surface area contributed by atoms with Crippen LogP contribution in [0, 0.1) is 13.8 Å². The van der Waals surface area contributed by atoms with Crippen molar-refractivity contribution in [2.45, 2.75) is 20.8 Å². The second kappa shape index (κ2) is 8.14. The molecular formula is C19H23N3O3S. The molecule has 2 aromatic carbocycles. The number of sulfonamides is 1. The van der Waals surface area contributed by atoms with Crippen molar-refractivity contribution in [3.8, 4) is 0 Å². The van der Waals surface area contributed by atoms with E-state index >= 15 is 0 Å². The van der Waals surface area contributed by atoms with Crippen LogP contribution >= 0.6 is 0 Å². The highest BCUT2D eigenvalue weighted by molar-refractivity contribution is 7.92. The second-order valence-electron chi connectivity index (χ2n) is 6.21. The zero-order valence-electron chi connectivity index (χ0n) is 15.4. The molecule has 0 heterocycles. The summed E-state index contributed by atoms with van der Waals surface area (Å²) >= 11 is 0. The van der Waals surface area contributed by atoms with E-state index in [0.717, 1.165) is 27.3 Å². The lowest BCUT2D eigenvalue weighted by atomic mass is 10.1. The summed E-state index contributed by atoms with van der Waals surface area (Å²) in [4.78, 5) is 12.2. The molecule has 7 heteroatoms. The van der Waals surface area contributed by atoms with Crippen molar-refractivity contribution < 1.29 is 13.2 Å². The van der Waals surface area contributed by atoms with Gasteiger partial charge >= 0.3 is 0 Å². The van der Waals surface area contributed by atoms with Gasteiger partial charge in [-0.2, -0.15) is 5.10 Å². The minimum absolute atomic E-state index is 0.340. The van der Waals surface area contributed by atoms with Crippen LogP contribution in [0.25, 0.3) is 0 Å². The molecule has 1 amide bonds. The van der Waals surface area contributed by atoms with E-state index in [1.165, 1.54) is 0 Å². The molecule has 0 saturated carbocycles. The molecule has 0 saturated heterocycles. The largest absolute Gasteiger partial charge is 0.271 e. The summed E-state index contributed by atoms with van der Waals surface area (Å²) in [5, 5.41) is 4.07. The molecule has 0 radical (unpaired) electrons. The number of hydrogen-bond donors (Lipinski definition) is 1. The van der Waals surface area contributed by atoms with Crippen LogP contribution < -0.4 is 9.73 Å². The third-order valence-electron chi connectivity index (χ3n) is 3.79. The lowest BCUT2D eigenvalue weighted by Crippen LogP contribution is -2.39. The van der Waals surface area contributed by atoms with Crippen molar-refractivity contribution in [2.75, 3.05) is 17.1 Å². The first kappa shape index (κ1) is 19.7. The third-order valence-corrected chi connectivity index (χ3v) is 4.94. The number of anilines is 1. The van der Waals surface area contributed by atoms with Crippen molar-refractivity contribution in [1.29, 1.82) is 0 Å². The summed E-state index contributed by atoms with van der Waals surface area (Å²) < 4.78 is 25.2. The minimum Gasteiger partial charge on any atom is -0.271 e. The number of carbonyl (C=O) groups excluding carboxylic acids is 1. The zero-order valence-corrected chi connectivity index (χ0v) is 16.2. The number of amides is 1. The summed E-state index contributed by atoms with van der Waals surface area (Å²) in [6.07, 6.45) is 1.07. The van der Waals surface area contributed by atoms with Crippen LogP contribution in [0.4, 0.5) is 5.69 Å². The van der Waals surface area contributed by atoms with Crippen LogP contribution in [-0.2, 0) is 14.8 Å². The Labute approximate surface area is 154 Å². The minimum atomic E-state index is -3.60. The monoisotopic (exact) mass is 373 g/mol. The Kier molecular flexibility index (Phi) is 6.15. The van der Waals surface area contributed by atoms with Crippen LogP contribution in [0.3, 0.4) is 0 Å². The number of carbonyl (C=O) groups is 1. The average Bonchev–Trinajstić information content (AvgIpc) is 2.57. The van der Waals surface area contributed by atoms with Gasteiger partial charge in [0.2, 0.25) is 10.0 Å². The highest BCUT2D eigenvalue weighted by Gasteiger charge is 2.20. The predicted octanol–water partition coefficient (Wildman–Crippen LogP) is 2.61. The Morgan fingerprint density at radius 3 is 2.31 bits per heavy atom. The first-order valence-electron chi connectivity index (χ1n) is 8.11. The highest BCUT2D eigenvalue weighted by atomic mass is 32.2. The maximum Gasteiger partial charge on any atom is 0.260 e. The Morgan fingerprint density at radius 2 is 1.73 bits per heavy atom. The Hall–Kier alpha value is -2.67. The normalized spacial score (nSPS) is 11.9. The predicted molar refractivity (Wildman–Crippen MR) is 105 cm³/mol. The van der Waals surface area contributed by atoms with Gasteiger partial charge in [0.1, 0.15) is 6.54 Å². The molecule has 0 fully saturated rings. The van der Waals surface area contributed by atoms with Gasteiger partial charge in [-0.1, -0.05) is 42.0 Å². The molecule has 0 aliphatic carbocycles. The van der Waals surface area contributed by atoms with Crippen LogP contribution in [0.5, 0.6) is 0 Å².